The molecule has 1 N–H and O–H groups in total. The molecule has 4 heteroatoms. The average Bonchev–Trinajstić information content (AvgIpc) is 2.90. The number of rotatable bonds is 4. The van der Waals surface area contributed by atoms with E-state index in [1.807, 2.05) is 32.0 Å². The van der Waals surface area contributed by atoms with Gasteiger partial charge in [-0.3, -0.25) is 4.79 Å². The van der Waals surface area contributed by atoms with Crippen LogP contribution in [0.2, 0.25) is 0 Å². The summed E-state index contributed by atoms with van der Waals surface area (Å²) in [6.07, 6.45) is 0. The second kappa shape index (κ2) is 5.85. The highest BCUT2D eigenvalue weighted by Gasteiger charge is 2.19. The third-order valence-corrected chi connectivity index (χ3v) is 3.47. The third-order valence-electron chi connectivity index (χ3n) is 3.47. The molecule has 1 heterocycles. The van der Waals surface area contributed by atoms with Crippen molar-refractivity contribution in [2.75, 3.05) is 13.1 Å². The quantitative estimate of drug-likeness (QED) is 0.896. The molecule has 2 rings (SSSR count). The van der Waals surface area contributed by atoms with E-state index in [0.29, 0.717) is 13.1 Å². The molecule has 100 valence electrons. The maximum atomic E-state index is 12.4. The monoisotopic (exact) mass is 257 g/mol. The van der Waals surface area contributed by atoms with Crippen molar-refractivity contribution >= 4 is 5.91 Å². The van der Waals surface area contributed by atoms with Crippen molar-refractivity contribution < 1.29 is 4.79 Å². The van der Waals surface area contributed by atoms with Crippen molar-refractivity contribution in [3.63, 3.8) is 0 Å². The van der Waals surface area contributed by atoms with Gasteiger partial charge in [0.1, 0.15) is 0 Å². The molecule has 0 saturated heterocycles. The van der Waals surface area contributed by atoms with Gasteiger partial charge in [0.2, 0.25) is 0 Å². The number of amides is 1. The van der Waals surface area contributed by atoms with Crippen LogP contribution in [0.1, 0.15) is 35.3 Å². The second-order valence-electron chi connectivity index (χ2n) is 4.96. The maximum Gasteiger partial charge on any atom is 0.253 e. The number of carbonyl (C=O) groups is 1. The fourth-order valence-corrected chi connectivity index (χ4v) is 2.34. The van der Waals surface area contributed by atoms with E-state index < -0.39 is 0 Å². The molecule has 1 atom stereocenters. The van der Waals surface area contributed by atoms with Gasteiger partial charge in [0.05, 0.1) is 12.0 Å². The zero-order valence-corrected chi connectivity index (χ0v) is 11.4. The highest BCUT2D eigenvalue weighted by molar-refractivity contribution is 5.94. The van der Waals surface area contributed by atoms with Crippen LogP contribution in [0.15, 0.2) is 18.2 Å². The van der Waals surface area contributed by atoms with Crippen molar-refractivity contribution in [1.29, 1.82) is 5.26 Å². The minimum Gasteiger partial charge on any atom is -0.338 e. The molecule has 1 aliphatic rings. The predicted molar refractivity (Wildman–Crippen MR) is 73.3 cm³/mol. The van der Waals surface area contributed by atoms with Crippen LogP contribution in [0.5, 0.6) is 0 Å². The Morgan fingerprint density at radius 2 is 2.21 bits per heavy atom. The molecule has 0 aliphatic carbocycles. The first-order chi connectivity index (χ1) is 9.15. The lowest BCUT2D eigenvalue weighted by Gasteiger charge is -2.22. The fourth-order valence-electron chi connectivity index (χ4n) is 2.34. The predicted octanol–water partition coefficient (Wildman–Crippen LogP) is 1.91. The van der Waals surface area contributed by atoms with E-state index in [-0.39, 0.29) is 11.8 Å². The number of carbonyl (C=O) groups excluding carboxylic acids is 1. The van der Waals surface area contributed by atoms with E-state index in [1.165, 1.54) is 11.1 Å². The van der Waals surface area contributed by atoms with Crippen LogP contribution in [0.25, 0.3) is 0 Å². The lowest BCUT2D eigenvalue weighted by Crippen LogP contribution is -2.34. The maximum absolute atomic E-state index is 12.4. The first-order valence-electron chi connectivity index (χ1n) is 6.67. The number of hydrogen-bond acceptors (Lipinski definition) is 3. The van der Waals surface area contributed by atoms with Gasteiger partial charge in [-0.1, -0.05) is 6.07 Å². The van der Waals surface area contributed by atoms with E-state index in [2.05, 4.69) is 11.4 Å². The largest absolute Gasteiger partial charge is 0.338 e. The molecule has 1 unspecified atom stereocenters. The van der Waals surface area contributed by atoms with Crippen LogP contribution in [-0.2, 0) is 13.1 Å². The number of hydrogen-bond donors (Lipinski definition) is 1. The van der Waals surface area contributed by atoms with Crippen molar-refractivity contribution in [2.24, 2.45) is 5.92 Å². The van der Waals surface area contributed by atoms with Gasteiger partial charge in [-0.05, 0) is 37.1 Å². The first kappa shape index (κ1) is 13.6. The van der Waals surface area contributed by atoms with Gasteiger partial charge in [0.25, 0.3) is 5.91 Å². The Hall–Kier alpha value is -1.86. The summed E-state index contributed by atoms with van der Waals surface area (Å²) in [6, 6.07) is 8.04. The van der Waals surface area contributed by atoms with Crippen LogP contribution in [-0.4, -0.2) is 23.9 Å². The third kappa shape index (κ3) is 2.94. The van der Waals surface area contributed by atoms with Crippen LogP contribution in [0.3, 0.4) is 0 Å². The minimum absolute atomic E-state index is 0.0132. The highest BCUT2D eigenvalue weighted by atomic mass is 16.2. The lowest BCUT2D eigenvalue weighted by atomic mass is 10.0. The summed E-state index contributed by atoms with van der Waals surface area (Å²) in [5, 5.41) is 12.1. The first-order valence-corrected chi connectivity index (χ1v) is 6.67. The molecular formula is C15H19N3O. The van der Waals surface area contributed by atoms with Crippen molar-refractivity contribution in [3.05, 3.63) is 34.9 Å². The van der Waals surface area contributed by atoms with Gasteiger partial charge >= 0.3 is 0 Å². The Kier molecular flexibility index (Phi) is 4.18. The number of nitrogens with one attached hydrogen (secondary N) is 1. The van der Waals surface area contributed by atoms with E-state index in [4.69, 9.17) is 5.26 Å². The standard InChI is InChI=1S/C15H19N3O/c1-3-18(10-11(2)7-16)15(19)12-4-5-13-8-17-9-14(13)6-12/h4-6,11,17H,3,8-10H2,1-2H3. The van der Waals surface area contributed by atoms with Crippen molar-refractivity contribution in [3.8, 4) is 6.07 Å². The molecule has 0 saturated carbocycles. The van der Waals surface area contributed by atoms with Crippen molar-refractivity contribution in [1.82, 2.24) is 10.2 Å². The zero-order valence-electron chi connectivity index (χ0n) is 11.4. The zero-order chi connectivity index (χ0) is 13.8. The van der Waals surface area contributed by atoms with E-state index in [0.717, 1.165) is 18.7 Å². The fraction of sp³-hybridized carbons (Fsp3) is 0.467. The molecule has 0 fully saturated rings. The van der Waals surface area contributed by atoms with Gasteiger partial charge in [-0.25, -0.2) is 0 Å². The summed E-state index contributed by atoms with van der Waals surface area (Å²) in [7, 11) is 0. The smallest absolute Gasteiger partial charge is 0.253 e. The minimum atomic E-state index is -0.139. The average molecular weight is 257 g/mol. The Labute approximate surface area is 114 Å². The molecule has 0 radical (unpaired) electrons. The van der Waals surface area contributed by atoms with E-state index in [1.54, 1.807) is 4.90 Å². The molecule has 19 heavy (non-hydrogen) atoms. The van der Waals surface area contributed by atoms with Crippen LogP contribution < -0.4 is 5.32 Å². The normalized spacial score (nSPS) is 14.6. The molecule has 1 aliphatic heterocycles. The van der Waals surface area contributed by atoms with Gasteiger partial charge in [0, 0.05) is 31.7 Å². The molecular weight excluding hydrogens is 238 g/mol. The van der Waals surface area contributed by atoms with Crippen LogP contribution in [0.4, 0.5) is 0 Å². The Bertz CT molecular complexity index is 519. The summed E-state index contributed by atoms with van der Waals surface area (Å²) < 4.78 is 0. The van der Waals surface area contributed by atoms with E-state index >= 15 is 0 Å². The van der Waals surface area contributed by atoms with Gasteiger partial charge < -0.3 is 10.2 Å². The van der Waals surface area contributed by atoms with Crippen LogP contribution in [0, 0.1) is 17.2 Å². The van der Waals surface area contributed by atoms with Gasteiger partial charge in [0.15, 0.2) is 0 Å². The van der Waals surface area contributed by atoms with Gasteiger partial charge in [-0.2, -0.15) is 5.26 Å². The number of nitrogens with zero attached hydrogens (tertiary/aromatic N) is 2. The number of fused-ring (bicyclic) bond motifs is 1. The molecule has 1 amide bonds. The summed E-state index contributed by atoms with van der Waals surface area (Å²) in [6.45, 7) is 6.60. The molecule has 0 bridgehead atoms. The van der Waals surface area contributed by atoms with Crippen LogP contribution >= 0.6 is 0 Å². The molecule has 0 spiro atoms. The highest BCUT2D eigenvalue weighted by Crippen LogP contribution is 2.18. The summed E-state index contributed by atoms with van der Waals surface area (Å²) >= 11 is 0. The summed E-state index contributed by atoms with van der Waals surface area (Å²) in [4.78, 5) is 14.2. The summed E-state index contributed by atoms with van der Waals surface area (Å²) in [5.41, 5.74) is 3.19. The molecule has 4 nitrogen and oxygen atoms in total. The molecule has 0 aromatic heterocycles. The SMILES string of the molecule is CCN(CC(C)C#N)C(=O)c1ccc2c(c1)CNC2. The van der Waals surface area contributed by atoms with Crippen molar-refractivity contribution in [2.45, 2.75) is 26.9 Å². The Morgan fingerprint density at radius 1 is 1.47 bits per heavy atom. The molecule has 1 aromatic carbocycles. The summed E-state index contributed by atoms with van der Waals surface area (Å²) in [5.74, 6) is -0.126. The van der Waals surface area contributed by atoms with Gasteiger partial charge in [-0.15, -0.1) is 0 Å². The molecule has 1 aromatic rings. The number of nitriles is 1. The number of benzene rings is 1. The lowest BCUT2D eigenvalue weighted by molar-refractivity contribution is 0.0752. The van der Waals surface area contributed by atoms with E-state index in [9.17, 15) is 4.79 Å². The second-order valence-corrected chi connectivity index (χ2v) is 4.96. The Balaban J connectivity index is 2.16. The Morgan fingerprint density at radius 3 is 2.89 bits per heavy atom. The topological polar surface area (TPSA) is 56.1 Å².